The minimum absolute atomic E-state index is 0.0969. The summed E-state index contributed by atoms with van der Waals surface area (Å²) in [4.78, 5) is 48.0. The van der Waals surface area contributed by atoms with E-state index in [1.165, 1.54) is 6.20 Å². The topological polar surface area (TPSA) is 85.8 Å². The third-order valence-corrected chi connectivity index (χ3v) is 6.87. The maximum absolute atomic E-state index is 13.1. The maximum atomic E-state index is 13.1. The molecule has 1 aromatic heterocycles. The molecule has 4 rings (SSSR count). The zero-order valence-electron chi connectivity index (χ0n) is 21.3. The van der Waals surface area contributed by atoms with E-state index < -0.39 is 0 Å². The van der Waals surface area contributed by atoms with Gasteiger partial charge < -0.3 is 20.0 Å². The Kier molecular flexibility index (Phi) is 8.99. The number of pyridine rings is 1. The number of halogens is 2. The Morgan fingerprint density at radius 1 is 0.842 bits per heavy atom. The van der Waals surface area contributed by atoms with E-state index in [2.05, 4.69) is 10.3 Å². The molecular weight excluding hydrogens is 525 g/mol. The number of aromatic nitrogens is 1. The summed E-state index contributed by atoms with van der Waals surface area (Å²) < 4.78 is 0. The van der Waals surface area contributed by atoms with Crippen molar-refractivity contribution in [2.45, 2.75) is 0 Å². The second-order valence-electron chi connectivity index (χ2n) is 9.31. The van der Waals surface area contributed by atoms with Gasteiger partial charge in [-0.05, 0) is 56.1 Å². The molecule has 198 valence electrons. The number of carbonyl (C=O) groups is 3. The summed E-state index contributed by atoms with van der Waals surface area (Å²) in [6.45, 7) is 2.97. The number of rotatable bonds is 7. The Bertz CT molecular complexity index is 1320. The third kappa shape index (κ3) is 6.69. The van der Waals surface area contributed by atoms with Crippen LogP contribution in [0.15, 0.2) is 60.9 Å². The molecule has 10 heteroatoms. The number of benzene rings is 2. The van der Waals surface area contributed by atoms with E-state index in [9.17, 15) is 14.4 Å². The number of carbonyl (C=O) groups excluding carboxylic acids is 3. The molecular formula is C28H29Cl2N5O3. The van der Waals surface area contributed by atoms with Gasteiger partial charge >= 0.3 is 0 Å². The zero-order valence-corrected chi connectivity index (χ0v) is 22.8. The van der Waals surface area contributed by atoms with Crippen LogP contribution in [-0.2, 0) is 0 Å². The third-order valence-electron chi connectivity index (χ3n) is 6.33. The van der Waals surface area contributed by atoms with E-state index in [1.54, 1.807) is 52.4 Å². The summed E-state index contributed by atoms with van der Waals surface area (Å²) >= 11 is 12.1. The van der Waals surface area contributed by atoms with Gasteiger partial charge in [0.25, 0.3) is 17.7 Å². The molecule has 8 nitrogen and oxygen atoms in total. The maximum Gasteiger partial charge on any atom is 0.255 e. The van der Waals surface area contributed by atoms with E-state index in [4.69, 9.17) is 23.2 Å². The first-order valence-corrected chi connectivity index (χ1v) is 13.0. The van der Waals surface area contributed by atoms with Gasteiger partial charge in [0.2, 0.25) is 0 Å². The van der Waals surface area contributed by atoms with Crippen LogP contribution in [0, 0.1) is 0 Å². The van der Waals surface area contributed by atoms with Crippen LogP contribution in [0.5, 0.6) is 0 Å². The van der Waals surface area contributed by atoms with Crippen molar-refractivity contribution in [3.8, 4) is 11.1 Å². The minimum Gasteiger partial charge on any atom is -0.351 e. The first kappa shape index (κ1) is 27.6. The van der Waals surface area contributed by atoms with Crippen LogP contribution in [0.4, 0.5) is 0 Å². The van der Waals surface area contributed by atoms with Gasteiger partial charge in [0, 0.05) is 67.8 Å². The van der Waals surface area contributed by atoms with E-state index in [0.29, 0.717) is 59.5 Å². The number of likely N-dealkylation sites (N-methyl/N-ethyl adjacent to an activating group) is 1. The molecule has 2 heterocycles. The van der Waals surface area contributed by atoms with Crippen molar-refractivity contribution < 1.29 is 14.4 Å². The van der Waals surface area contributed by atoms with Crippen molar-refractivity contribution in [2.75, 3.05) is 53.4 Å². The molecule has 1 N–H and O–H groups in total. The number of hydrogen-bond donors (Lipinski definition) is 1. The monoisotopic (exact) mass is 553 g/mol. The Labute approximate surface area is 232 Å². The lowest BCUT2D eigenvalue weighted by Crippen LogP contribution is -2.50. The van der Waals surface area contributed by atoms with Crippen LogP contribution >= 0.6 is 23.2 Å². The normalized spacial score (nSPS) is 13.5. The molecule has 0 bridgehead atoms. The van der Waals surface area contributed by atoms with Crippen LogP contribution < -0.4 is 5.32 Å². The fourth-order valence-electron chi connectivity index (χ4n) is 4.15. The summed E-state index contributed by atoms with van der Waals surface area (Å²) in [5.41, 5.74) is 3.08. The minimum atomic E-state index is -0.177. The van der Waals surface area contributed by atoms with Crippen molar-refractivity contribution in [3.05, 3.63) is 87.7 Å². The van der Waals surface area contributed by atoms with E-state index in [-0.39, 0.29) is 17.7 Å². The van der Waals surface area contributed by atoms with Gasteiger partial charge in [-0.2, -0.15) is 0 Å². The molecule has 2 aromatic carbocycles. The van der Waals surface area contributed by atoms with Crippen LogP contribution in [0.2, 0.25) is 10.0 Å². The van der Waals surface area contributed by atoms with Gasteiger partial charge in [-0.3, -0.25) is 19.4 Å². The van der Waals surface area contributed by atoms with Crippen molar-refractivity contribution in [1.82, 2.24) is 25.0 Å². The fourth-order valence-corrected chi connectivity index (χ4v) is 4.64. The highest BCUT2D eigenvalue weighted by atomic mass is 35.5. The molecule has 1 aliphatic heterocycles. The highest BCUT2D eigenvalue weighted by molar-refractivity contribution is 6.36. The predicted molar refractivity (Wildman–Crippen MR) is 149 cm³/mol. The zero-order chi connectivity index (χ0) is 27.2. The summed E-state index contributed by atoms with van der Waals surface area (Å²) in [5.74, 6) is -0.449. The second kappa shape index (κ2) is 12.4. The SMILES string of the molecule is CN(C)CCNC(=O)c1cncc(-c2ccc(C(=O)N3CCN(C(=O)c4ccc(Cl)cc4Cl)CC3)cc2)c1. The van der Waals surface area contributed by atoms with E-state index >= 15 is 0 Å². The molecule has 0 radical (unpaired) electrons. The number of nitrogens with zero attached hydrogens (tertiary/aromatic N) is 4. The van der Waals surface area contributed by atoms with Crippen LogP contribution in [0.1, 0.15) is 31.1 Å². The smallest absolute Gasteiger partial charge is 0.255 e. The molecule has 0 spiro atoms. The van der Waals surface area contributed by atoms with E-state index in [1.807, 2.05) is 31.1 Å². The van der Waals surface area contributed by atoms with Crippen molar-refractivity contribution >= 4 is 40.9 Å². The molecule has 38 heavy (non-hydrogen) atoms. The molecule has 3 amide bonds. The molecule has 3 aromatic rings. The van der Waals surface area contributed by atoms with Crippen molar-refractivity contribution in [1.29, 1.82) is 0 Å². The molecule has 1 saturated heterocycles. The summed E-state index contributed by atoms with van der Waals surface area (Å²) in [7, 11) is 3.89. The van der Waals surface area contributed by atoms with Crippen molar-refractivity contribution in [3.63, 3.8) is 0 Å². The lowest BCUT2D eigenvalue weighted by atomic mass is 10.0. The average molecular weight is 554 g/mol. The Balaban J connectivity index is 1.36. The quantitative estimate of drug-likeness (QED) is 0.478. The van der Waals surface area contributed by atoms with Gasteiger partial charge in [0.1, 0.15) is 0 Å². The van der Waals surface area contributed by atoms with Crippen molar-refractivity contribution in [2.24, 2.45) is 0 Å². The molecule has 0 unspecified atom stereocenters. The second-order valence-corrected chi connectivity index (χ2v) is 10.2. The molecule has 1 aliphatic rings. The van der Waals surface area contributed by atoms with Gasteiger partial charge in [-0.15, -0.1) is 0 Å². The number of amides is 3. The molecule has 1 fully saturated rings. The van der Waals surface area contributed by atoms with Gasteiger partial charge in [-0.25, -0.2) is 0 Å². The number of nitrogens with one attached hydrogen (secondary N) is 1. The Morgan fingerprint density at radius 2 is 1.50 bits per heavy atom. The van der Waals surface area contributed by atoms with E-state index in [0.717, 1.165) is 17.7 Å². The summed E-state index contributed by atoms with van der Waals surface area (Å²) in [6, 6.07) is 13.8. The number of piperazine rings is 1. The first-order chi connectivity index (χ1) is 18.2. The predicted octanol–water partition coefficient (Wildman–Crippen LogP) is 3.95. The van der Waals surface area contributed by atoms with Crippen LogP contribution in [0.3, 0.4) is 0 Å². The molecule has 0 atom stereocenters. The standard InChI is InChI=1S/C28H29Cl2N5O3/c1-33(2)10-9-32-26(36)22-15-21(17-31-18-22)19-3-5-20(6-4-19)27(37)34-11-13-35(14-12-34)28(38)24-8-7-23(29)16-25(24)30/h3-8,15-18H,9-14H2,1-2H3,(H,32,36). The van der Waals surface area contributed by atoms with Gasteiger partial charge in [-0.1, -0.05) is 35.3 Å². The van der Waals surface area contributed by atoms with Crippen LogP contribution in [0.25, 0.3) is 11.1 Å². The Hall–Kier alpha value is -3.46. The molecule has 0 saturated carbocycles. The lowest BCUT2D eigenvalue weighted by molar-refractivity contribution is 0.0535. The van der Waals surface area contributed by atoms with Gasteiger partial charge in [0.15, 0.2) is 0 Å². The molecule has 0 aliphatic carbocycles. The van der Waals surface area contributed by atoms with Gasteiger partial charge in [0.05, 0.1) is 16.1 Å². The average Bonchev–Trinajstić information content (AvgIpc) is 2.92. The highest BCUT2D eigenvalue weighted by Crippen LogP contribution is 2.24. The summed E-state index contributed by atoms with van der Waals surface area (Å²) in [6.07, 6.45) is 3.23. The largest absolute Gasteiger partial charge is 0.351 e. The Morgan fingerprint density at radius 3 is 2.13 bits per heavy atom. The fraction of sp³-hybridized carbons (Fsp3) is 0.286. The highest BCUT2D eigenvalue weighted by Gasteiger charge is 2.26. The number of hydrogen-bond acceptors (Lipinski definition) is 5. The van der Waals surface area contributed by atoms with Crippen LogP contribution in [-0.4, -0.2) is 90.8 Å². The lowest BCUT2D eigenvalue weighted by Gasteiger charge is -2.35. The first-order valence-electron chi connectivity index (χ1n) is 12.2. The summed E-state index contributed by atoms with van der Waals surface area (Å²) in [5, 5.41) is 3.67.